The van der Waals surface area contributed by atoms with Crippen molar-refractivity contribution in [3.63, 3.8) is 0 Å². The monoisotopic (exact) mass is 246 g/mol. The molecule has 0 aliphatic carbocycles. The summed E-state index contributed by atoms with van der Waals surface area (Å²) in [5, 5.41) is 3.54. The van der Waals surface area contributed by atoms with Gasteiger partial charge in [-0.1, -0.05) is 30.3 Å². The highest BCUT2D eigenvalue weighted by molar-refractivity contribution is 5.22. The minimum absolute atomic E-state index is 0.623. The van der Waals surface area contributed by atoms with Gasteiger partial charge in [0, 0.05) is 31.6 Å². The summed E-state index contributed by atoms with van der Waals surface area (Å²) in [5.74, 6) is 0.623. The zero-order valence-electron chi connectivity index (χ0n) is 10.8. The lowest BCUT2D eigenvalue weighted by atomic mass is 9.85. The van der Waals surface area contributed by atoms with Crippen LogP contribution in [0.25, 0.3) is 0 Å². The van der Waals surface area contributed by atoms with Crippen LogP contribution in [-0.2, 0) is 4.74 Å². The summed E-state index contributed by atoms with van der Waals surface area (Å²) in [6, 6.07) is 11.6. The van der Waals surface area contributed by atoms with E-state index < -0.39 is 0 Å². The summed E-state index contributed by atoms with van der Waals surface area (Å²) in [5.41, 5.74) is 1.47. The lowest BCUT2D eigenvalue weighted by molar-refractivity contribution is 0.00483. The van der Waals surface area contributed by atoms with Crippen LogP contribution in [0.2, 0.25) is 0 Å². The number of hydrogen-bond donors (Lipinski definition) is 1. The Morgan fingerprint density at radius 1 is 1.11 bits per heavy atom. The number of hydrogen-bond acceptors (Lipinski definition) is 3. The lowest BCUT2D eigenvalue weighted by Gasteiger charge is -2.42. The van der Waals surface area contributed by atoms with Crippen LogP contribution < -0.4 is 5.32 Å². The molecule has 2 saturated heterocycles. The molecular formula is C15H22N2O. The van der Waals surface area contributed by atoms with Gasteiger partial charge >= 0.3 is 0 Å². The Morgan fingerprint density at radius 2 is 1.89 bits per heavy atom. The first-order valence-electron chi connectivity index (χ1n) is 7.02. The summed E-state index contributed by atoms with van der Waals surface area (Å²) in [6.07, 6.45) is 1.25. The predicted molar refractivity (Wildman–Crippen MR) is 72.8 cm³/mol. The van der Waals surface area contributed by atoms with Crippen molar-refractivity contribution in [3.05, 3.63) is 35.9 Å². The van der Waals surface area contributed by atoms with E-state index in [9.17, 15) is 0 Å². The van der Waals surface area contributed by atoms with E-state index in [1.54, 1.807) is 0 Å². The summed E-state index contributed by atoms with van der Waals surface area (Å²) in [6.45, 7) is 6.22. The number of morpholine rings is 1. The normalized spacial score (nSPS) is 30.2. The number of benzene rings is 1. The third kappa shape index (κ3) is 2.58. The number of piperidine rings is 1. The van der Waals surface area contributed by atoms with Gasteiger partial charge in [-0.05, 0) is 18.5 Å². The SMILES string of the molecule is c1ccc(C2CNCCC2N2CCOCC2)cc1. The van der Waals surface area contributed by atoms with Gasteiger partial charge in [-0.3, -0.25) is 4.90 Å². The molecule has 2 atom stereocenters. The molecule has 0 spiro atoms. The van der Waals surface area contributed by atoms with Crippen LogP contribution in [-0.4, -0.2) is 50.3 Å². The molecule has 2 fully saturated rings. The van der Waals surface area contributed by atoms with E-state index in [0.29, 0.717) is 12.0 Å². The van der Waals surface area contributed by atoms with Crippen LogP contribution in [0.3, 0.4) is 0 Å². The van der Waals surface area contributed by atoms with Crippen molar-refractivity contribution in [1.29, 1.82) is 0 Å². The quantitative estimate of drug-likeness (QED) is 0.855. The summed E-state index contributed by atoms with van der Waals surface area (Å²) in [7, 11) is 0. The average Bonchev–Trinajstić information content (AvgIpc) is 2.49. The van der Waals surface area contributed by atoms with Gasteiger partial charge in [0.15, 0.2) is 0 Å². The molecule has 3 rings (SSSR count). The Kier molecular flexibility index (Phi) is 3.93. The van der Waals surface area contributed by atoms with Gasteiger partial charge in [-0.15, -0.1) is 0 Å². The van der Waals surface area contributed by atoms with Crippen LogP contribution >= 0.6 is 0 Å². The van der Waals surface area contributed by atoms with Crippen molar-refractivity contribution in [2.45, 2.75) is 18.4 Å². The second kappa shape index (κ2) is 5.83. The van der Waals surface area contributed by atoms with Gasteiger partial charge < -0.3 is 10.1 Å². The molecule has 98 valence electrons. The van der Waals surface area contributed by atoms with Crippen molar-refractivity contribution in [1.82, 2.24) is 10.2 Å². The molecule has 3 nitrogen and oxygen atoms in total. The van der Waals surface area contributed by atoms with Crippen LogP contribution in [0, 0.1) is 0 Å². The fraction of sp³-hybridized carbons (Fsp3) is 0.600. The second-order valence-electron chi connectivity index (χ2n) is 5.23. The van der Waals surface area contributed by atoms with E-state index in [2.05, 4.69) is 40.5 Å². The topological polar surface area (TPSA) is 24.5 Å². The van der Waals surface area contributed by atoms with Crippen molar-refractivity contribution in [2.24, 2.45) is 0 Å². The van der Waals surface area contributed by atoms with Crippen molar-refractivity contribution >= 4 is 0 Å². The maximum Gasteiger partial charge on any atom is 0.0594 e. The number of nitrogens with zero attached hydrogens (tertiary/aromatic N) is 1. The van der Waals surface area contributed by atoms with Gasteiger partial charge in [0.25, 0.3) is 0 Å². The van der Waals surface area contributed by atoms with Crippen LogP contribution in [0.15, 0.2) is 30.3 Å². The number of nitrogens with one attached hydrogen (secondary N) is 1. The first-order chi connectivity index (χ1) is 8.95. The molecule has 1 N–H and O–H groups in total. The molecule has 18 heavy (non-hydrogen) atoms. The molecule has 2 unspecified atom stereocenters. The molecule has 2 heterocycles. The third-order valence-electron chi connectivity index (χ3n) is 4.19. The number of rotatable bonds is 2. The minimum Gasteiger partial charge on any atom is -0.379 e. The summed E-state index contributed by atoms with van der Waals surface area (Å²) in [4.78, 5) is 2.63. The summed E-state index contributed by atoms with van der Waals surface area (Å²) < 4.78 is 5.47. The molecule has 1 aromatic carbocycles. The van der Waals surface area contributed by atoms with Crippen molar-refractivity contribution in [3.8, 4) is 0 Å². The molecular weight excluding hydrogens is 224 g/mol. The van der Waals surface area contributed by atoms with Crippen LogP contribution in [0.5, 0.6) is 0 Å². The van der Waals surface area contributed by atoms with E-state index in [0.717, 1.165) is 39.4 Å². The second-order valence-corrected chi connectivity index (χ2v) is 5.23. The highest BCUT2D eigenvalue weighted by Crippen LogP contribution is 2.28. The Morgan fingerprint density at radius 3 is 2.67 bits per heavy atom. The molecule has 2 aliphatic rings. The lowest BCUT2D eigenvalue weighted by Crippen LogP contribution is -2.52. The van der Waals surface area contributed by atoms with Gasteiger partial charge in [0.1, 0.15) is 0 Å². The van der Waals surface area contributed by atoms with Crippen LogP contribution in [0.4, 0.5) is 0 Å². The van der Waals surface area contributed by atoms with Crippen LogP contribution in [0.1, 0.15) is 17.9 Å². The fourth-order valence-corrected chi connectivity index (χ4v) is 3.23. The highest BCUT2D eigenvalue weighted by atomic mass is 16.5. The maximum atomic E-state index is 5.47. The molecule has 2 aliphatic heterocycles. The molecule has 3 heteroatoms. The molecule has 0 radical (unpaired) electrons. The zero-order valence-corrected chi connectivity index (χ0v) is 10.8. The molecule has 0 saturated carbocycles. The Hall–Kier alpha value is -0.900. The zero-order chi connectivity index (χ0) is 12.2. The smallest absolute Gasteiger partial charge is 0.0594 e. The first kappa shape index (κ1) is 12.2. The van der Waals surface area contributed by atoms with E-state index in [4.69, 9.17) is 4.74 Å². The first-order valence-corrected chi connectivity index (χ1v) is 7.02. The van der Waals surface area contributed by atoms with Crippen molar-refractivity contribution in [2.75, 3.05) is 39.4 Å². The highest BCUT2D eigenvalue weighted by Gasteiger charge is 2.31. The third-order valence-corrected chi connectivity index (χ3v) is 4.19. The minimum atomic E-state index is 0.623. The van der Waals surface area contributed by atoms with Gasteiger partial charge in [0.05, 0.1) is 13.2 Å². The van der Waals surface area contributed by atoms with E-state index in [-0.39, 0.29) is 0 Å². The van der Waals surface area contributed by atoms with E-state index in [1.165, 1.54) is 12.0 Å². The van der Waals surface area contributed by atoms with Crippen molar-refractivity contribution < 1.29 is 4.74 Å². The molecule has 0 amide bonds. The Bertz CT molecular complexity index is 362. The molecule has 0 aromatic heterocycles. The predicted octanol–water partition coefficient (Wildman–Crippen LogP) is 1.46. The Labute approximate surface area is 109 Å². The van der Waals surface area contributed by atoms with Gasteiger partial charge in [0.2, 0.25) is 0 Å². The Balaban J connectivity index is 1.77. The maximum absolute atomic E-state index is 5.47. The summed E-state index contributed by atoms with van der Waals surface area (Å²) >= 11 is 0. The van der Waals surface area contributed by atoms with Gasteiger partial charge in [-0.2, -0.15) is 0 Å². The van der Waals surface area contributed by atoms with Gasteiger partial charge in [-0.25, -0.2) is 0 Å². The number of ether oxygens (including phenoxy) is 1. The largest absolute Gasteiger partial charge is 0.379 e. The fourth-order valence-electron chi connectivity index (χ4n) is 3.23. The molecule has 1 aromatic rings. The standard InChI is InChI=1S/C15H22N2O/c1-2-4-13(5-3-1)14-12-16-7-6-15(14)17-8-10-18-11-9-17/h1-5,14-16H,6-12H2. The average molecular weight is 246 g/mol. The van der Waals surface area contributed by atoms with E-state index >= 15 is 0 Å². The van der Waals surface area contributed by atoms with E-state index in [1.807, 2.05) is 0 Å². The molecule has 0 bridgehead atoms.